The second-order valence-electron chi connectivity index (χ2n) is 7.46. The molecule has 4 unspecified atom stereocenters. The Labute approximate surface area is 125 Å². The van der Waals surface area contributed by atoms with Crippen molar-refractivity contribution in [1.29, 1.82) is 0 Å². The highest BCUT2D eigenvalue weighted by Crippen LogP contribution is 2.67. The van der Waals surface area contributed by atoms with Crippen molar-refractivity contribution in [3.05, 3.63) is 0 Å². The fourth-order valence-electron chi connectivity index (χ4n) is 4.03. The zero-order valence-corrected chi connectivity index (χ0v) is 14.2. The monoisotopic (exact) mass is 332 g/mol. The molecule has 0 aromatic rings. The zero-order valence-electron chi connectivity index (χ0n) is 12.6. The van der Waals surface area contributed by atoms with Gasteiger partial charge in [0.2, 0.25) is 0 Å². The maximum atomic E-state index is 10.8. The normalized spacial score (nSPS) is 41.8. The topological polar surface area (TPSA) is 49.7 Å². The van der Waals surface area contributed by atoms with Gasteiger partial charge in [-0.2, -0.15) is 0 Å². The molecule has 2 bridgehead atoms. The molecule has 0 radical (unpaired) electrons. The van der Waals surface area contributed by atoms with Crippen molar-refractivity contribution >= 4 is 23.0 Å². The largest absolute Gasteiger partial charge is 0.469 e. The van der Waals surface area contributed by atoms with Gasteiger partial charge in [-0.25, -0.2) is 0 Å². The molecule has 110 valence electrons. The quantitative estimate of drug-likeness (QED) is 0.614. The molecule has 19 heavy (non-hydrogen) atoms. The summed E-state index contributed by atoms with van der Waals surface area (Å²) in [7, 11) is -0.884. The third-order valence-corrected chi connectivity index (χ3v) is 7.19. The third kappa shape index (κ3) is 2.12. The summed E-state index contributed by atoms with van der Waals surface area (Å²) in [5.74, 6) is 0.867. The van der Waals surface area contributed by atoms with Gasteiger partial charge < -0.3 is 14.8 Å². The van der Waals surface area contributed by atoms with Crippen LogP contribution < -0.4 is 0 Å². The maximum absolute atomic E-state index is 10.8. The van der Waals surface area contributed by atoms with Crippen LogP contribution in [0.4, 0.5) is 0 Å². The van der Waals surface area contributed by atoms with Crippen molar-refractivity contribution in [3.63, 3.8) is 0 Å². The summed E-state index contributed by atoms with van der Waals surface area (Å²) in [6, 6.07) is 0. The third-order valence-electron chi connectivity index (χ3n) is 5.68. The molecule has 0 aromatic heterocycles. The second kappa shape index (κ2) is 4.72. The van der Waals surface area contributed by atoms with Crippen LogP contribution >= 0.6 is 15.9 Å². The molecule has 3 saturated carbocycles. The Morgan fingerprint density at radius 2 is 1.89 bits per heavy atom. The molecular formula is C14H26BBrO3. The molecule has 5 heteroatoms. The van der Waals surface area contributed by atoms with Crippen LogP contribution in [0.3, 0.4) is 0 Å². The molecule has 3 aliphatic carbocycles. The van der Waals surface area contributed by atoms with E-state index in [4.69, 9.17) is 4.65 Å². The molecule has 3 aliphatic rings. The number of hydrogen-bond acceptors (Lipinski definition) is 3. The van der Waals surface area contributed by atoms with Gasteiger partial charge in [-0.1, -0.05) is 43.6 Å². The smallest absolute Gasteiger partial charge is 0.426 e. The van der Waals surface area contributed by atoms with Crippen molar-refractivity contribution in [2.75, 3.05) is 0 Å². The van der Waals surface area contributed by atoms with E-state index in [0.29, 0.717) is 5.92 Å². The molecule has 3 rings (SSSR count). The molecule has 3 fully saturated rings. The Kier molecular flexibility index (Phi) is 3.93. The van der Waals surface area contributed by atoms with E-state index in [9.17, 15) is 10.1 Å². The Balaban J connectivity index is 2.21. The van der Waals surface area contributed by atoms with Crippen LogP contribution in [0.2, 0.25) is 0 Å². The zero-order chi connectivity index (χ0) is 14.6. The lowest BCUT2D eigenvalue weighted by Gasteiger charge is -2.71. The van der Waals surface area contributed by atoms with Crippen molar-refractivity contribution in [3.8, 4) is 0 Å². The lowest BCUT2D eigenvalue weighted by molar-refractivity contribution is -0.304. The van der Waals surface area contributed by atoms with Gasteiger partial charge in [0.25, 0.3) is 0 Å². The molecule has 0 aromatic carbocycles. The number of hydrogen-bond donors (Lipinski definition) is 2. The fourth-order valence-corrected chi connectivity index (χ4v) is 4.13. The lowest BCUT2D eigenvalue weighted by atomic mass is 9.40. The molecule has 2 N–H and O–H groups in total. The van der Waals surface area contributed by atoms with E-state index in [2.05, 4.69) is 29.8 Å². The fraction of sp³-hybridized carbons (Fsp3) is 1.00. The van der Waals surface area contributed by atoms with Crippen LogP contribution in [0.5, 0.6) is 0 Å². The van der Waals surface area contributed by atoms with Crippen LogP contribution in [-0.4, -0.2) is 33.2 Å². The Bertz CT molecular complexity index is 349. The minimum absolute atomic E-state index is 0.0839. The Hall–Kier alpha value is 0.425. The van der Waals surface area contributed by atoms with Crippen LogP contribution in [0.25, 0.3) is 0 Å². The van der Waals surface area contributed by atoms with E-state index in [1.807, 2.05) is 20.8 Å². The summed E-state index contributed by atoms with van der Waals surface area (Å²) in [4.78, 5) is 0. The van der Waals surface area contributed by atoms with Crippen LogP contribution in [0, 0.1) is 17.3 Å². The molecule has 0 heterocycles. The number of rotatable bonds is 4. The van der Waals surface area contributed by atoms with Crippen LogP contribution in [-0.2, 0) is 4.65 Å². The summed E-state index contributed by atoms with van der Waals surface area (Å²) >= 11 is 3.49. The standard InChI is InChI=1S/C14H26BBrO3/c1-9(2)11(16)15(18)19-14-8-10(12(14,3)4)6-7-13(14,5)17/h9-11,17-18H,6-8H2,1-5H3. The van der Waals surface area contributed by atoms with Gasteiger partial charge in [0, 0.05) is 0 Å². The summed E-state index contributed by atoms with van der Waals surface area (Å²) in [6.45, 7) is 10.2. The number of fused-ring (bicyclic) bond motifs is 2. The molecule has 0 spiro atoms. The van der Waals surface area contributed by atoms with Crippen LogP contribution in [0.15, 0.2) is 0 Å². The maximum Gasteiger partial charge on any atom is 0.469 e. The molecule has 0 amide bonds. The van der Waals surface area contributed by atoms with E-state index in [1.165, 1.54) is 0 Å². The van der Waals surface area contributed by atoms with Crippen molar-refractivity contribution in [2.24, 2.45) is 17.3 Å². The minimum Gasteiger partial charge on any atom is -0.426 e. The molecule has 0 saturated heterocycles. The molecule has 4 atom stereocenters. The van der Waals surface area contributed by atoms with Gasteiger partial charge >= 0.3 is 7.12 Å². The predicted molar refractivity (Wildman–Crippen MR) is 81.1 cm³/mol. The van der Waals surface area contributed by atoms with Gasteiger partial charge in [-0.15, -0.1) is 0 Å². The Morgan fingerprint density at radius 1 is 1.32 bits per heavy atom. The second-order valence-corrected chi connectivity index (χ2v) is 8.52. The average molecular weight is 333 g/mol. The summed E-state index contributed by atoms with van der Waals surface area (Å²) in [5, 5.41) is 21.1. The van der Waals surface area contributed by atoms with E-state index in [0.717, 1.165) is 19.3 Å². The van der Waals surface area contributed by atoms with Crippen molar-refractivity contribution < 1.29 is 14.8 Å². The van der Waals surface area contributed by atoms with E-state index < -0.39 is 18.3 Å². The molecular weight excluding hydrogens is 307 g/mol. The van der Waals surface area contributed by atoms with E-state index >= 15 is 0 Å². The van der Waals surface area contributed by atoms with Gasteiger partial charge in [-0.05, 0) is 43.4 Å². The van der Waals surface area contributed by atoms with Crippen molar-refractivity contribution in [2.45, 2.75) is 69.8 Å². The lowest BCUT2D eigenvalue weighted by Crippen LogP contribution is -2.77. The highest BCUT2D eigenvalue weighted by atomic mass is 79.9. The summed E-state index contributed by atoms with van der Waals surface area (Å²) < 4.78 is 5.94. The van der Waals surface area contributed by atoms with Crippen molar-refractivity contribution in [1.82, 2.24) is 0 Å². The minimum atomic E-state index is -0.884. The van der Waals surface area contributed by atoms with E-state index in [1.54, 1.807) is 0 Å². The van der Waals surface area contributed by atoms with Gasteiger partial charge in [0.15, 0.2) is 0 Å². The van der Waals surface area contributed by atoms with Crippen LogP contribution in [0.1, 0.15) is 53.9 Å². The average Bonchev–Trinajstić information content (AvgIpc) is 2.29. The highest BCUT2D eigenvalue weighted by molar-refractivity contribution is 9.10. The van der Waals surface area contributed by atoms with Gasteiger partial charge in [0.1, 0.15) is 0 Å². The number of halogens is 1. The number of aliphatic hydroxyl groups is 1. The first-order valence-corrected chi connectivity index (χ1v) is 8.19. The first-order valence-electron chi connectivity index (χ1n) is 7.27. The SMILES string of the molecule is CC(C)C(Br)B(O)OC12CC(CCC1(C)O)C2(C)C. The first kappa shape index (κ1) is 15.8. The number of alkyl halides is 1. The van der Waals surface area contributed by atoms with E-state index in [-0.39, 0.29) is 16.1 Å². The molecule has 3 nitrogen and oxygen atoms in total. The molecule has 0 aliphatic heterocycles. The summed E-state index contributed by atoms with van der Waals surface area (Å²) in [6.07, 6.45) is 2.65. The predicted octanol–water partition coefficient (Wildman–Crippen LogP) is 2.77. The van der Waals surface area contributed by atoms with Gasteiger partial charge in [0.05, 0.1) is 15.9 Å². The highest BCUT2D eigenvalue weighted by Gasteiger charge is 2.71. The Morgan fingerprint density at radius 3 is 2.32 bits per heavy atom. The summed E-state index contributed by atoms with van der Waals surface area (Å²) in [5.41, 5.74) is -1.57. The first-order chi connectivity index (χ1) is 8.55. The van der Waals surface area contributed by atoms with Gasteiger partial charge in [-0.3, -0.25) is 0 Å².